The van der Waals surface area contributed by atoms with Crippen LogP contribution in [0.3, 0.4) is 0 Å². The van der Waals surface area contributed by atoms with Crippen molar-refractivity contribution >= 4 is 23.7 Å². The average molecular weight is 530 g/mol. The zero-order chi connectivity index (χ0) is 27.3. The lowest BCUT2D eigenvalue weighted by molar-refractivity contribution is -0.144. The maximum absolute atomic E-state index is 13.0. The Bertz CT molecular complexity index is 1080. The molecule has 2 rings (SSSR count). The molecular formula is C26H31ClF3NO5. The minimum Gasteiger partial charge on any atom is -0.480 e. The standard InChI is InChI=1S/C26H31ClF3NO5/c1-6-16(12-13-25(5,22(32)33)31-23(34)36-24(2,3)4)20-11-10-19(15-21(20)27)35-18-9-7-8-17(14-18)26(28,29)30/h7-11,14-16H,6,12-13H2,1-5H3,(H,31,34)(H,32,33). The van der Waals surface area contributed by atoms with Gasteiger partial charge in [-0.15, -0.1) is 0 Å². The zero-order valence-electron chi connectivity index (χ0n) is 20.8. The number of carbonyl (C=O) groups excluding carboxylic acids is 1. The lowest BCUT2D eigenvalue weighted by Crippen LogP contribution is -2.53. The summed E-state index contributed by atoms with van der Waals surface area (Å²) in [5.74, 6) is -1.05. The Kier molecular flexibility index (Phi) is 9.29. The van der Waals surface area contributed by atoms with Crippen molar-refractivity contribution in [2.24, 2.45) is 0 Å². The van der Waals surface area contributed by atoms with E-state index in [1.165, 1.54) is 25.1 Å². The van der Waals surface area contributed by atoms with E-state index < -0.39 is 34.9 Å². The Morgan fingerprint density at radius 1 is 1.06 bits per heavy atom. The monoisotopic (exact) mass is 529 g/mol. The first kappa shape index (κ1) is 29.3. The molecule has 0 aliphatic rings. The summed E-state index contributed by atoms with van der Waals surface area (Å²) in [4.78, 5) is 24.1. The normalized spacial score (nSPS) is 14.5. The minimum atomic E-state index is -4.49. The summed E-state index contributed by atoms with van der Waals surface area (Å²) in [7, 11) is 0. The molecule has 2 N–H and O–H groups in total. The highest BCUT2D eigenvalue weighted by Crippen LogP contribution is 2.37. The molecule has 0 bridgehead atoms. The molecule has 1 amide bonds. The van der Waals surface area contributed by atoms with Gasteiger partial charge in [-0.3, -0.25) is 0 Å². The number of amides is 1. The van der Waals surface area contributed by atoms with E-state index in [0.29, 0.717) is 17.9 Å². The van der Waals surface area contributed by atoms with Gasteiger partial charge in [0.05, 0.1) is 5.56 Å². The Morgan fingerprint density at radius 3 is 2.22 bits per heavy atom. The van der Waals surface area contributed by atoms with Gasteiger partial charge >= 0.3 is 18.2 Å². The number of hydrogen-bond acceptors (Lipinski definition) is 4. The van der Waals surface area contributed by atoms with Gasteiger partial charge in [-0.05, 0) is 88.8 Å². The second-order valence-electron chi connectivity index (χ2n) is 9.72. The van der Waals surface area contributed by atoms with Gasteiger partial charge in [0, 0.05) is 5.02 Å². The number of alkyl halides is 3. The molecule has 0 fully saturated rings. The molecular weight excluding hydrogens is 499 g/mol. The molecule has 0 aliphatic carbocycles. The van der Waals surface area contributed by atoms with Crippen LogP contribution in [-0.2, 0) is 15.7 Å². The molecule has 2 aromatic carbocycles. The zero-order valence-corrected chi connectivity index (χ0v) is 21.6. The highest BCUT2D eigenvalue weighted by molar-refractivity contribution is 6.31. The van der Waals surface area contributed by atoms with Crippen LogP contribution in [0.4, 0.5) is 18.0 Å². The van der Waals surface area contributed by atoms with Gasteiger partial charge in [-0.1, -0.05) is 30.7 Å². The second-order valence-corrected chi connectivity index (χ2v) is 10.1. The molecule has 6 nitrogen and oxygen atoms in total. The van der Waals surface area contributed by atoms with Crippen LogP contribution in [0.2, 0.25) is 5.02 Å². The van der Waals surface area contributed by atoms with Gasteiger partial charge in [0.15, 0.2) is 0 Å². The van der Waals surface area contributed by atoms with Crippen LogP contribution >= 0.6 is 11.6 Å². The van der Waals surface area contributed by atoms with Crippen LogP contribution in [0.25, 0.3) is 0 Å². The topological polar surface area (TPSA) is 84.9 Å². The largest absolute Gasteiger partial charge is 0.480 e. The molecule has 0 heterocycles. The highest BCUT2D eigenvalue weighted by atomic mass is 35.5. The first-order valence-electron chi connectivity index (χ1n) is 11.4. The molecule has 10 heteroatoms. The van der Waals surface area contributed by atoms with Crippen molar-refractivity contribution in [3.63, 3.8) is 0 Å². The Balaban J connectivity index is 2.15. The van der Waals surface area contributed by atoms with Gasteiger partial charge in [0.1, 0.15) is 22.6 Å². The number of benzene rings is 2. The minimum absolute atomic E-state index is 0.0196. The lowest BCUT2D eigenvalue weighted by atomic mass is 9.85. The summed E-state index contributed by atoms with van der Waals surface area (Å²) in [5.41, 5.74) is -2.42. The highest BCUT2D eigenvalue weighted by Gasteiger charge is 2.37. The van der Waals surface area contributed by atoms with Gasteiger partial charge in [-0.25, -0.2) is 9.59 Å². The van der Waals surface area contributed by atoms with Crippen LogP contribution in [0, 0.1) is 0 Å². The Hall–Kier alpha value is -2.94. The number of carbonyl (C=O) groups is 2. The fourth-order valence-electron chi connectivity index (χ4n) is 3.57. The van der Waals surface area contributed by atoms with E-state index in [0.717, 1.165) is 17.7 Å². The summed E-state index contributed by atoms with van der Waals surface area (Å²) >= 11 is 6.48. The number of halogens is 4. The summed E-state index contributed by atoms with van der Waals surface area (Å²) < 4.78 is 49.6. The first-order chi connectivity index (χ1) is 16.5. The summed E-state index contributed by atoms with van der Waals surface area (Å²) in [6, 6.07) is 9.34. The number of ether oxygens (including phenoxy) is 2. The van der Waals surface area contributed by atoms with Crippen molar-refractivity contribution in [1.29, 1.82) is 0 Å². The Labute approximate surface area is 213 Å². The van der Waals surface area contributed by atoms with E-state index in [4.69, 9.17) is 21.1 Å². The van der Waals surface area contributed by atoms with E-state index in [9.17, 15) is 27.9 Å². The number of rotatable bonds is 9. The summed E-state index contributed by atoms with van der Waals surface area (Å²) in [5, 5.41) is 12.5. The smallest absolute Gasteiger partial charge is 0.416 e. The van der Waals surface area contributed by atoms with Crippen LogP contribution in [-0.4, -0.2) is 28.3 Å². The number of aliphatic carboxylic acids is 1. The number of carboxylic acids is 1. The van der Waals surface area contributed by atoms with Gasteiger partial charge in [0.2, 0.25) is 0 Å². The van der Waals surface area contributed by atoms with Crippen molar-refractivity contribution < 1.29 is 37.3 Å². The van der Waals surface area contributed by atoms with Crippen molar-refractivity contribution in [3.05, 3.63) is 58.6 Å². The first-order valence-corrected chi connectivity index (χ1v) is 11.8. The molecule has 0 aliphatic heterocycles. The number of alkyl carbamates (subject to hydrolysis) is 1. The summed E-state index contributed by atoms with van der Waals surface area (Å²) in [6.45, 7) is 8.38. The summed E-state index contributed by atoms with van der Waals surface area (Å²) in [6.07, 6.45) is -4.18. The molecule has 2 atom stereocenters. The van der Waals surface area contributed by atoms with Crippen LogP contribution in [0.1, 0.15) is 70.9 Å². The van der Waals surface area contributed by atoms with E-state index in [1.54, 1.807) is 32.9 Å². The van der Waals surface area contributed by atoms with Gasteiger partial charge in [-0.2, -0.15) is 13.2 Å². The SMILES string of the molecule is CCC(CCC(C)(NC(=O)OC(C)(C)C)C(=O)O)c1ccc(Oc2cccc(C(F)(F)F)c2)cc1Cl. The Morgan fingerprint density at radius 2 is 1.69 bits per heavy atom. The van der Waals surface area contributed by atoms with Crippen LogP contribution in [0.15, 0.2) is 42.5 Å². The maximum Gasteiger partial charge on any atom is 0.416 e. The van der Waals surface area contributed by atoms with Gasteiger partial charge in [0.25, 0.3) is 0 Å². The van der Waals surface area contributed by atoms with Crippen molar-refractivity contribution in [3.8, 4) is 11.5 Å². The molecule has 198 valence electrons. The van der Waals surface area contributed by atoms with E-state index in [-0.39, 0.29) is 23.8 Å². The number of carboxylic acid groups (broad SMARTS) is 1. The number of nitrogens with one attached hydrogen (secondary N) is 1. The molecule has 0 aromatic heterocycles. The average Bonchev–Trinajstić information content (AvgIpc) is 2.73. The van der Waals surface area contributed by atoms with Crippen LogP contribution in [0.5, 0.6) is 11.5 Å². The van der Waals surface area contributed by atoms with Gasteiger partial charge < -0.3 is 19.9 Å². The van der Waals surface area contributed by atoms with Crippen LogP contribution < -0.4 is 10.1 Å². The fraction of sp³-hybridized carbons (Fsp3) is 0.462. The quantitative estimate of drug-likeness (QED) is 0.346. The van der Waals surface area contributed by atoms with Crippen molar-refractivity contribution in [2.45, 2.75) is 77.1 Å². The molecule has 2 unspecified atom stereocenters. The predicted molar refractivity (Wildman–Crippen MR) is 131 cm³/mol. The second kappa shape index (κ2) is 11.4. The van der Waals surface area contributed by atoms with E-state index in [1.807, 2.05) is 6.92 Å². The number of hydrogen-bond donors (Lipinski definition) is 2. The molecule has 36 heavy (non-hydrogen) atoms. The lowest BCUT2D eigenvalue weighted by Gasteiger charge is -2.30. The fourth-order valence-corrected chi connectivity index (χ4v) is 3.89. The van der Waals surface area contributed by atoms with Crippen molar-refractivity contribution in [2.75, 3.05) is 0 Å². The van der Waals surface area contributed by atoms with Crippen molar-refractivity contribution in [1.82, 2.24) is 5.32 Å². The molecule has 0 radical (unpaired) electrons. The molecule has 0 saturated heterocycles. The third-order valence-corrected chi connectivity index (χ3v) is 5.87. The van der Waals surface area contributed by atoms with E-state index >= 15 is 0 Å². The molecule has 2 aromatic rings. The molecule has 0 saturated carbocycles. The maximum atomic E-state index is 13.0. The predicted octanol–water partition coefficient (Wildman–Crippen LogP) is 7.79. The third-order valence-electron chi connectivity index (χ3n) is 5.54. The molecule has 0 spiro atoms. The van der Waals surface area contributed by atoms with E-state index in [2.05, 4.69) is 5.32 Å². The third kappa shape index (κ3) is 8.33.